The number of aliphatic hydroxyl groups excluding tert-OH is 2. The van der Waals surface area contributed by atoms with E-state index in [1.807, 2.05) is 0 Å². The maximum absolute atomic E-state index is 11.0. The zero-order valence-corrected chi connectivity index (χ0v) is 20.3. The molecule has 0 spiro atoms. The molecule has 4 aliphatic rings. The number of rotatable bonds is 5. The van der Waals surface area contributed by atoms with Crippen LogP contribution in [0.1, 0.15) is 92.9 Å². The lowest BCUT2D eigenvalue weighted by atomic mass is 9.50. The van der Waals surface area contributed by atoms with Crippen molar-refractivity contribution >= 4 is 0 Å². The van der Waals surface area contributed by atoms with Gasteiger partial charge in [-0.25, -0.2) is 0 Å². The molecule has 0 amide bonds. The highest BCUT2D eigenvalue weighted by Crippen LogP contribution is 2.65. The Labute approximate surface area is 185 Å². The topological polar surface area (TPSA) is 40.5 Å². The summed E-state index contributed by atoms with van der Waals surface area (Å²) in [5.74, 6) is 4.58. The molecule has 2 saturated carbocycles. The van der Waals surface area contributed by atoms with Crippen molar-refractivity contribution in [2.24, 2.45) is 46.3 Å². The third-order valence-corrected chi connectivity index (χ3v) is 10.5. The van der Waals surface area contributed by atoms with Crippen LogP contribution in [-0.2, 0) is 0 Å². The Morgan fingerprint density at radius 1 is 1.03 bits per heavy atom. The summed E-state index contributed by atoms with van der Waals surface area (Å²) in [5.41, 5.74) is 2.99. The molecule has 0 unspecified atom stereocenters. The molecular weight excluding hydrogens is 368 g/mol. The SMILES string of the molecule is CC(C)[C@@H](C)CC[C@@H](C)[C@H]1CC[C@H]2[C@@H]3CC=C4C[C@@H](O)C[C@H](O)[C@]4(C)C3=CC[C@]12C. The summed E-state index contributed by atoms with van der Waals surface area (Å²) in [5, 5.41) is 21.3. The maximum Gasteiger partial charge on any atom is 0.0693 e. The monoisotopic (exact) mass is 414 g/mol. The standard InChI is InChI=1S/C28H46O2/c1-17(2)18(3)7-8-19(4)23-11-12-24-22-10-9-20-15-21(29)16-26(30)28(20,6)25(22)13-14-27(23,24)5/h9,13,17-19,21-24,26,29-30H,7-8,10-12,14-16H2,1-6H3/t18-,19+,21+,22-,23+,24-,26-,27+,28-/m0/s1. The molecule has 9 atom stereocenters. The van der Waals surface area contributed by atoms with E-state index in [0.717, 1.165) is 42.4 Å². The molecule has 0 heterocycles. The minimum absolute atomic E-state index is 0.236. The van der Waals surface area contributed by atoms with Gasteiger partial charge < -0.3 is 10.2 Å². The second kappa shape index (κ2) is 8.07. The van der Waals surface area contributed by atoms with Gasteiger partial charge in [0.25, 0.3) is 0 Å². The van der Waals surface area contributed by atoms with E-state index >= 15 is 0 Å². The lowest BCUT2D eigenvalue weighted by Gasteiger charge is -2.55. The minimum Gasteiger partial charge on any atom is -0.393 e. The van der Waals surface area contributed by atoms with E-state index in [1.54, 1.807) is 0 Å². The quantitative estimate of drug-likeness (QED) is 0.502. The number of fused-ring (bicyclic) bond motifs is 5. The molecule has 0 saturated heterocycles. The fourth-order valence-corrected chi connectivity index (χ4v) is 8.04. The second-order valence-electron chi connectivity index (χ2n) is 12.3. The van der Waals surface area contributed by atoms with Crippen molar-refractivity contribution in [3.05, 3.63) is 23.3 Å². The van der Waals surface area contributed by atoms with Crippen LogP contribution in [0.4, 0.5) is 0 Å². The van der Waals surface area contributed by atoms with Crippen LogP contribution in [0.15, 0.2) is 23.3 Å². The van der Waals surface area contributed by atoms with Crippen LogP contribution in [0, 0.1) is 46.3 Å². The first kappa shape index (κ1) is 22.6. The van der Waals surface area contributed by atoms with Gasteiger partial charge in [0.15, 0.2) is 0 Å². The second-order valence-corrected chi connectivity index (χ2v) is 12.3. The first-order valence-electron chi connectivity index (χ1n) is 12.8. The van der Waals surface area contributed by atoms with Gasteiger partial charge in [0.05, 0.1) is 12.2 Å². The van der Waals surface area contributed by atoms with Crippen molar-refractivity contribution in [3.8, 4) is 0 Å². The van der Waals surface area contributed by atoms with Gasteiger partial charge in [-0.05, 0) is 80.0 Å². The van der Waals surface area contributed by atoms with E-state index < -0.39 is 6.10 Å². The smallest absolute Gasteiger partial charge is 0.0693 e. The van der Waals surface area contributed by atoms with E-state index in [0.29, 0.717) is 17.8 Å². The van der Waals surface area contributed by atoms with Crippen molar-refractivity contribution in [2.75, 3.05) is 0 Å². The van der Waals surface area contributed by atoms with Crippen molar-refractivity contribution in [2.45, 2.75) is 105 Å². The summed E-state index contributed by atoms with van der Waals surface area (Å²) in [4.78, 5) is 0. The van der Waals surface area contributed by atoms with Crippen LogP contribution in [0.5, 0.6) is 0 Å². The van der Waals surface area contributed by atoms with Gasteiger partial charge in [0.1, 0.15) is 0 Å². The highest BCUT2D eigenvalue weighted by atomic mass is 16.3. The Hall–Kier alpha value is -0.600. The van der Waals surface area contributed by atoms with E-state index in [9.17, 15) is 10.2 Å². The third-order valence-electron chi connectivity index (χ3n) is 10.5. The normalized spacial score (nSPS) is 45.2. The first-order chi connectivity index (χ1) is 14.1. The van der Waals surface area contributed by atoms with Crippen LogP contribution in [0.25, 0.3) is 0 Å². The number of allylic oxidation sites excluding steroid dienone is 2. The average molecular weight is 415 g/mol. The Kier molecular flexibility index (Phi) is 6.08. The molecule has 0 aliphatic heterocycles. The van der Waals surface area contributed by atoms with Crippen molar-refractivity contribution in [1.29, 1.82) is 0 Å². The zero-order valence-electron chi connectivity index (χ0n) is 20.3. The minimum atomic E-state index is -0.445. The molecule has 0 aromatic carbocycles. The molecule has 0 aromatic heterocycles. The van der Waals surface area contributed by atoms with Crippen LogP contribution in [0.2, 0.25) is 0 Å². The number of hydrogen-bond acceptors (Lipinski definition) is 2. The van der Waals surface area contributed by atoms with Crippen LogP contribution in [0.3, 0.4) is 0 Å². The van der Waals surface area contributed by atoms with E-state index in [-0.39, 0.29) is 11.5 Å². The van der Waals surface area contributed by atoms with Crippen molar-refractivity contribution in [1.82, 2.24) is 0 Å². The summed E-state index contributed by atoms with van der Waals surface area (Å²) in [7, 11) is 0. The molecule has 0 radical (unpaired) electrons. The average Bonchev–Trinajstić information content (AvgIpc) is 3.04. The number of hydrogen-bond donors (Lipinski definition) is 2. The summed E-state index contributed by atoms with van der Waals surface area (Å²) >= 11 is 0. The maximum atomic E-state index is 11.0. The third kappa shape index (κ3) is 3.45. The highest BCUT2D eigenvalue weighted by Gasteiger charge is 2.57. The van der Waals surface area contributed by atoms with E-state index in [4.69, 9.17) is 0 Å². The van der Waals surface area contributed by atoms with Gasteiger partial charge in [-0.2, -0.15) is 0 Å². The molecule has 2 fully saturated rings. The zero-order chi connectivity index (χ0) is 21.8. The molecule has 4 rings (SSSR count). The Morgan fingerprint density at radius 2 is 1.77 bits per heavy atom. The Bertz CT molecular complexity index is 705. The molecule has 30 heavy (non-hydrogen) atoms. The van der Waals surface area contributed by atoms with E-state index in [1.165, 1.54) is 43.3 Å². The summed E-state index contributed by atoms with van der Waals surface area (Å²) < 4.78 is 0. The number of aliphatic hydroxyl groups is 2. The molecule has 4 aliphatic carbocycles. The van der Waals surface area contributed by atoms with Gasteiger partial charge in [0.2, 0.25) is 0 Å². The van der Waals surface area contributed by atoms with E-state index in [2.05, 4.69) is 53.7 Å². The summed E-state index contributed by atoms with van der Waals surface area (Å²) in [6, 6.07) is 0. The predicted octanol–water partition coefficient (Wildman–Crippen LogP) is 6.53. The molecule has 0 bridgehead atoms. The molecule has 170 valence electrons. The van der Waals surface area contributed by atoms with Crippen molar-refractivity contribution in [3.63, 3.8) is 0 Å². The highest BCUT2D eigenvalue weighted by molar-refractivity contribution is 5.41. The van der Waals surface area contributed by atoms with Gasteiger partial charge in [-0.3, -0.25) is 0 Å². The fourth-order valence-electron chi connectivity index (χ4n) is 8.04. The molecule has 2 heteroatoms. The summed E-state index contributed by atoms with van der Waals surface area (Å²) in [6.07, 6.45) is 13.1. The van der Waals surface area contributed by atoms with Gasteiger partial charge in [-0.1, -0.05) is 70.8 Å². The fraction of sp³-hybridized carbons (Fsp3) is 0.857. The largest absolute Gasteiger partial charge is 0.393 e. The van der Waals surface area contributed by atoms with Gasteiger partial charge in [0, 0.05) is 11.8 Å². The van der Waals surface area contributed by atoms with Crippen LogP contribution >= 0.6 is 0 Å². The molecule has 2 N–H and O–H groups in total. The Balaban J connectivity index is 1.55. The Morgan fingerprint density at radius 3 is 2.47 bits per heavy atom. The lowest BCUT2D eigenvalue weighted by molar-refractivity contribution is -0.0172. The van der Waals surface area contributed by atoms with Gasteiger partial charge in [-0.15, -0.1) is 0 Å². The molecule has 0 aromatic rings. The van der Waals surface area contributed by atoms with Gasteiger partial charge >= 0.3 is 0 Å². The summed E-state index contributed by atoms with van der Waals surface area (Å²) in [6.45, 7) is 14.5. The predicted molar refractivity (Wildman–Crippen MR) is 125 cm³/mol. The molecular formula is C28H46O2. The van der Waals surface area contributed by atoms with Crippen LogP contribution in [-0.4, -0.2) is 22.4 Å². The first-order valence-corrected chi connectivity index (χ1v) is 12.8. The van der Waals surface area contributed by atoms with Crippen molar-refractivity contribution < 1.29 is 10.2 Å². The lowest BCUT2D eigenvalue weighted by Crippen LogP contribution is -2.50. The molecule has 2 nitrogen and oxygen atoms in total. The van der Waals surface area contributed by atoms with Crippen LogP contribution < -0.4 is 0 Å².